The predicted octanol–water partition coefficient (Wildman–Crippen LogP) is 4.19. The standard InChI is InChI=1S/C25H24N4O2S/c1-5-18-6-8-20(9-7-18)29-24(31)21(23(30)27-25(29)32)14-19-13-16(3)28(17(19)4)22-12-15(2)10-11-26-22/h6-14H,5H2,1-4H3,(H,27,30,32)/b21-14+. The van der Waals surface area contributed by atoms with Gasteiger partial charge in [-0.25, -0.2) is 4.98 Å². The van der Waals surface area contributed by atoms with Crippen LogP contribution in [-0.2, 0) is 16.0 Å². The van der Waals surface area contributed by atoms with Crippen molar-refractivity contribution in [1.29, 1.82) is 0 Å². The minimum atomic E-state index is -0.500. The fourth-order valence-electron chi connectivity index (χ4n) is 3.86. The predicted molar refractivity (Wildman–Crippen MR) is 130 cm³/mol. The number of benzene rings is 1. The van der Waals surface area contributed by atoms with Crippen molar-refractivity contribution in [3.05, 3.63) is 82.3 Å². The average Bonchev–Trinajstić information content (AvgIpc) is 3.04. The molecule has 0 bridgehead atoms. The lowest BCUT2D eigenvalue weighted by Crippen LogP contribution is -2.54. The molecular formula is C25H24N4O2S. The van der Waals surface area contributed by atoms with Crippen LogP contribution in [0.5, 0.6) is 0 Å². The number of carbonyl (C=O) groups is 2. The topological polar surface area (TPSA) is 67.2 Å². The molecule has 1 N–H and O–H groups in total. The molecule has 0 radical (unpaired) electrons. The van der Waals surface area contributed by atoms with Crippen LogP contribution >= 0.6 is 12.2 Å². The third kappa shape index (κ3) is 3.87. The Labute approximate surface area is 192 Å². The van der Waals surface area contributed by atoms with E-state index in [0.717, 1.165) is 40.3 Å². The van der Waals surface area contributed by atoms with E-state index in [1.807, 2.05) is 67.8 Å². The molecule has 6 nitrogen and oxygen atoms in total. The number of nitrogens with zero attached hydrogens (tertiary/aromatic N) is 3. The van der Waals surface area contributed by atoms with Crippen molar-refractivity contribution in [3.8, 4) is 5.82 Å². The molecule has 1 saturated heterocycles. The Bertz CT molecular complexity index is 1270. The minimum Gasteiger partial charge on any atom is -0.303 e. The van der Waals surface area contributed by atoms with Crippen molar-refractivity contribution in [2.45, 2.75) is 34.1 Å². The summed E-state index contributed by atoms with van der Waals surface area (Å²) in [5.41, 5.74) is 5.54. The summed E-state index contributed by atoms with van der Waals surface area (Å²) in [4.78, 5) is 31.8. The quantitative estimate of drug-likeness (QED) is 0.372. The Balaban J connectivity index is 1.74. The number of nitrogens with one attached hydrogen (secondary N) is 1. The zero-order valence-corrected chi connectivity index (χ0v) is 19.3. The summed E-state index contributed by atoms with van der Waals surface area (Å²) in [6.45, 7) is 7.99. The fraction of sp³-hybridized carbons (Fsp3) is 0.200. The lowest BCUT2D eigenvalue weighted by atomic mass is 10.1. The number of aromatic nitrogens is 2. The highest BCUT2D eigenvalue weighted by Crippen LogP contribution is 2.26. The molecule has 7 heteroatoms. The first kappa shape index (κ1) is 21.6. The van der Waals surface area contributed by atoms with E-state index in [0.29, 0.717) is 5.69 Å². The van der Waals surface area contributed by atoms with E-state index in [1.54, 1.807) is 12.3 Å². The first-order chi connectivity index (χ1) is 15.3. The maximum atomic E-state index is 13.3. The number of carbonyl (C=O) groups excluding carboxylic acids is 2. The van der Waals surface area contributed by atoms with E-state index in [1.165, 1.54) is 4.90 Å². The molecular weight excluding hydrogens is 420 g/mol. The van der Waals surface area contributed by atoms with Gasteiger partial charge in [0.1, 0.15) is 11.4 Å². The van der Waals surface area contributed by atoms with Crippen LogP contribution < -0.4 is 10.2 Å². The third-order valence-corrected chi connectivity index (χ3v) is 5.89. The van der Waals surface area contributed by atoms with Crippen molar-refractivity contribution in [1.82, 2.24) is 14.9 Å². The summed E-state index contributed by atoms with van der Waals surface area (Å²) in [6, 6.07) is 13.5. The first-order valence-electron chi connectivity index (χ1n) is 10.4. The summed E-state index contributed by atoms with van der Waals surface area (Å²) in [7, 11) is 0. The molecule has 0 atom stereocenters. The van der Waals surface area contributed by atoms with Gasteiger partial charge in [-0.3, -0.25) is 19.8 Å². The van der Waals surface area contributed by atoms with E-state index >= 15 is 0 Å². The van der Waals surface area contributed by atoms with Gasteiger partial charge in [0.25, 0.3) is 11.8 Å². The number of rotatable bonds is 4. The van der Waals surface area contributed by atoms with Gasteiger partial charge in [0.05, 0.1) is 5.69 Å². The van der Waals surface area contributed by atoms with Crippen molar-refractivity contribution in [3.63, 3.8) is 0 Å². The summed E-state index contributed by atoms with van der Waals surface area (Å²) >= 11 is 5.30. The van der Waals surface area contributed by atoms with E-state index in [-0.39, 0.29) is 10.7 Å². The maximum absolute atomic E-state index is 13.3. The highest BCUT2D eigenvalue weighted by atomic mass is 32.1. The number of amides is 2. The molecule has 4 rings (SSSR count). The second-order valence-electron chi connectivity index (χ2n) is 7.83. The lowest BCUT2D eigenvalue weighted by Gasteiger charge is -2.29. The Morgan fingerprint density at radius 2 is 1.78 bits per heavy atom. The highest BCUT2D eigenvalue weighted by Gasteiger charge is 2.34. The number of hydrogen-bond donors (Lipinski definition) is 1. The van der Waals surface area contributed by atoms with Crippen molar-refractivity contribution in [2.24, 2.45) is 0 Å². The van der Waals surface area contributed by atoms with Gasteiger partial charge in [-0.15, -0.1) is 0 Å². The van der Waals surface area contributed by atoms with Gasteiger partial charge in [-0.2, -0.15) is 0 Å². The molecule has 0 saturated carbocycles. The van der Waals surface area contributed by atoms with Gasteiger partial charge in [0, 0.05) is 17.6 Å². The summed E-state index contributed by atoms with van der Waals surface area (Å²) < 4.78 is 2.01. The molecule has 2 amide bonds. The smallest absolute Gasteiger partial charge is 0.270 e. The molecule has 2 aromatic heterocycles. The highest BCUT2D eigenvalue weighted by molar-refractivity contribution is 7.80. The Kier molecular flexibility index (Phi) is 5.76. The zero-order chi connectivity index (χ0) is 23.0. The fourth-order valence-corrected chi connectivity index (χ4v) is 4.14. The van der Waals surface area contributed by atoms with Crippen LogP contribution in [0.15, 0.2) is 54.2 Å². The SMILES string of the molecule is CCc1ccc(N2C(=O)/C(=C/c3cc(C)n(-c4cc(C)ccn4)c3C)C(=O)NC2=S)cc1. The second kappa shape index (κ2) is 8.51. The average molecular weight is 445 g/mol. The van der Waals surface area contributed by atoms with E-state index in [4.69, 9.17) is 12.2 Å². The minimum absolute atomic E-state index is 0.0376. The van der Waals surface area contributed by atoms with Crippen molar-refractivity contribution in [2.75, 3.05) is 4.90 Å². The number of hydrogen-bond acceptors (Lipinski definition) is 4. The van der Waals surface area contributed by atoms with Crippen molar-refractivity contribution >= 4 is 40.9 Å². The largest absolute Gasteiger partial charge is 0.303 e. The van der Waals surface area contributed by atoms with Crippen LogP contribution in [0.25, 0.3) is 11.9 Å². The molecule has 0 unspecified atom stereocenters. The normalized spacial score (nSPS) is 15.4. The molecule has 3 aromatic rings. The number of pyridine rings is 1. The Hall–Kier alpha value is -3.58. The Morgan fingerprint density at radius 1 is 1.06 bits per heavy atom. The molecule has 0 aliphatic carbocycles. The van der Waals surface area contributed by atoms with Gasteiger partial charge in [-0.05, 0) is 92.5 Å². The number of anilines is 1. The van der Waals surface area contributed by atoms with Crippen LogP contribution in [0.2, 0.25) is 0 Å². The van der Waals surface area contributed by atoms with Crippen LogP contribution in [0, 0.1) is 20.8 Å². The summed E-state index contributed by atoms with van der Waals surface area (Å²) in [6.07, 6.45) is 4.29. The van der Waals surface area contributed by atoms with E-state index in [2.05, 4.69) is 17.2 Å². The molecule has 1 fully saturated rings. The molecule has 1 aliphatic rings. The zero-order valence-electron chi connectivity index (χ0n) is 18.5. The van der Waals surface area contributed by atoms with Gasteiger partial charge in [0.15, 0.2) is 5.11 Å². The van der Waals surface area contributed by atoms with Crippen LogP contribution in [0.3, 0.4) is 0 Å². The lowest BCUT2D eigenvalue weighted by molar-refractivity contribution is -0.122. The molecule has 1 aromatic carbocycles. The Morgan fingerprint density at radius 3 is 2.44 bits per heavy atom. The third-order valence-electron chi connectivity index (χ3n) is 5.60. The van der Waals surface area contributed by atoms with Crippen LogP contribution in [-0.4, -0.2) is 26.5 Å². The number of aryl methyl sites for hydroxylation is 3. The van der Waals surface area contributed by atoms with Gasteiger partial charge in [-0.1, -0.05) is 19.1 Å². The first-order valence-corrected chi connectivity index (χ1v) is 10.8. The summed E-state index contributed by atoms with van der Waals surface area (Å²) in [5, 5.41) is 2.73. The van der Waals surface area contributed by atoms with Crippen LogP contribution in [0.4, 0.5) is 5.69 Å². The molecule has 0 spiro atoms. The van der Waals surface area contributed by atoms with Gasteiger partial charge < -0.3 is 4.57 Å². The van der Waals surface area contributed by atoms with Gasteiger partial charge in [0.2, 0.25) is 0 Å². The van der Waals surface area contributed by atoms with E-state index < -0.39 is 11.8 Å². The number of thiocarbonyl (C=S) groups is 1. The maximum Gasteiger partial charge on any atom is 0.270 e. The van der Waals surface area contributed by atoms with Crippen molar-refractivity contribution < 1.29 is 9.59 Å². The molecule has 1 aliphatic heterocycles. The second-order valence-corrected chi connectivity index (χ2v) is 8.22. The molecule has 32 heavy (non-hydrogen) atoms. The van der Waals surface area contributed by atoms with E-state index in [9.17, 15) is 9.59 Å². The molecule has 3 heterocycles. The van der Waals surface area contributed by atoms with Crippen LogP contribution in [0.1, 0.15) is 35.0 Å². The monoisotopic (exact) mass is 444 g/mol. The van der Waals surface area contributed by atoms with Gasteiger partial charge >= 0.3 is 0 Å². The summed E-state index contributed by atoms with van der Waals surface area (Å²) in [5.74, 6) is -0.149. The molecule has 162 valence electrons.